The van der Waals surface area contributed by atoms with Crippen molar-refractivity contribution >= 4 is 36.5 Å². The summed E-state index contributed by atoms with van der Waals surface area (Å²) in [5.41, 5.74) is 0.0493. The number of fused-ring (bicyclic) bond motifs is 1. The molecule has 37 heavy (non-hydrogen) atoms. The molecule has 0 aromatic carbocycles. The number of alkyl halides is 3. The molecule has 1 aliphatic rings. The molecule has 0 amide bonds. The largest absolute Gasteiger partial charge is 1.00 e. The first-order valence-corrected chi connectivity index (χ1v) is 13.1. The molecule has 198 valence electrons. The molecule has 3 aromatic rings. The Labute approximate surface area is 234 Å². The fraction of sp³-hybridized carbons (Fsp3) is 0.556. The van der Waals surface area contributed by atoms with Crippen LogP contribution in [0.2, 0.25) is 0 Å². The molecule has 0 spiro atoms. The van der Waals surface area contributed by atoms with Crippen LogP contribution in [0.4, 0.5) is 19.0 Å². The number of hydrogen-bond donors (Lipinski definition) is 3. The van der Waals surface area contributed by atoms with Gasteiger partial charge in [0.2, 0.25) is 7.75 Å². The second kappa shape index (κ2) is 12.3. The Kier molecular flexibility index (Phi) is 10.0. The molecular formula is C18H22F3N7NaO6PS. The van der Waals surface area contributed by atoms with Crippen LogP contribution in [-0.4, -0.2) is 82.4 Å². The third kappa shape index (κ3) is 7.03. The third-order valence-electron chi connectivity index (χ3n) is 5.08. The zero-order valence-corrected chi connectivity index (χ0v) is 23.4. The molecule has 1 fully saturated rings. The minimum absolute atomic E-state index is 0. The van der Waals surface area contributed by atoms with Crippen molar-refractivity contribution in [2.24, 2.45) is 0 Å². The summed E-state index contributed by atoms with van der Waals surface area (Å²) in [6.07, 6.45) is -4.78. The first-order chi connectivity index (χ1) is 17.0. The Hall–Kier alpha value is -1.27. The molecule has 0 saturated carbocycles. The molecule has 0 radical (unpaired) electrons. The van der Waals surface area contributed by atoms with Gasteiger partial charge in [0.05, 0.1) is 12.9 Å². The van der Waals surface area contributed by atoms with Gasteiger partial charge < -0.3 is 29.7 Å². The maximum absolute atomic E-state index is 12.8. The van der Waals surface area contributed by atoms with E-state index in [4.69, 9.17) is 9.26 Å². The predicted molar refractivity (Wildman–Crippen MR) is 118 cm³/mol. The summed E-state index contributed by atoms with van der Waals surface area (Å²) in [5.74, 6) is 0.445. The van der Waals surface area contributed by atoms with E-state index in [1.807, 2.05) is 6.92 Å². The molecule has 4 rings (SSSR count). The number of nitrogens with one attached hydrogen (secondary N) is 1. The fourth-order valence-electron chi connectivity index (χ4n) is 3.38. The van der Waals surface area contributed by atoms with E-state index in [0.717, 1.165) is 23.3 Å². The molecule has 19 heteroatoms. The van der Waals surface area contributed by atoms with Crippen LogP contribution in [0.3, 0.4) is 0 Å². The molecule has 1 saturated heterocycles. The normalized spacial score (nSPS) is 23.6. The first kappa shape index (κ1) is 30.3. The van der Waals surface area contributed by atoms with E-state index in [9.17, 15) is 32.8 Å². The Balaban J connectivity index is 0.00000380. The standard InChI is InChI=1S/C18H23F3N7O6PS.Na/c1-2-5-36-17-25-14(23-7-18(19,20)21)11-15(26-17)28(9-24-11)16-13(30)12(29)10(34-16)6-33-35(31,32)27-4-3-22-8-27;/h3-4,8-10,12-13,16,29-30H,2,5-7H2,1H3,(H,31,32)(H,23,25,26);/q;+1/p-1/t10-,12-,13-,16-;/m1./s1. The molecule has 1 aliphatic heterocycles. The Bertz CT molecular complexity index is 1240. The van der Waals surface area contributed by atoms with Crippen molar-refractivity contribution in [3.8, 4) is 0 Å². The van der Waals surface area contributed by atoms with Crippen molar-refractivity contribution in [1.82, 2.24) is 28.8 Å². The third-order valence-corrected chi connectivity index (χ3v) is 7.41. The Morgan fingerprint density at radius 3 is 2.70 bits per heavy atom. The second-order valence-corrected chi connectivity index (χ2v) is 10.5. The number of aliphatic hydroxyl groups excluding tert-OH is 2. The quantitative estimate of drug-likeness (QED) is 0.107. The number of aromatic nitrogens is 6. The van der Waals surface area contributed by atoms with Gasteiger partial charge in [0, 0.05) is 18.1 Å². The van der Waals surface area contributed by atoms with Crippen LogP contribution in [0.15, 0.2) is 30.2 Å². The maximum atomic E-state index is 12.8. The van der Waals surface area contributed by atoms with Crippen LogP contribution >= 0.6 is 19.5 Å². The Morgan fingerprint density at radius 2 is 2.05 bits per heavy atom. The van der Waals surface area contributed by atoms with Crippen molar-refractivity contribution in [3.05, 3.63) is 25.0 Å². The summed E-state index contributed by atoms with van der Waals surface area (Å²) in [6, 6.07) is 0. The average molecular weight is 575 g/mol. The van der Waals surface area contributed by atoms with Gasteiger partial charge in [0.1, 0.15) is 31.2 Å². The van der Waals surface area contributed by atoms with Crippen molar-refractivity contribution in [3.63, 3.8) is 0 Å². The molecule has 13 nitrogen and oxygen atoms in total. The maximum Gasteiger partial charge on any atom is 1.00 e. The van der Waals surface area contributed by atoms with E-state index in [-0.39, 0.29) is 51.7 Å². The molecule has 0 bridgehead atoms. The molecular weight excluding hydrogens is 553 g/mol. The molecule has 1 unspecified atom stereocenters. The number of rotatable bonds is 10. The van der Waals surface area contributed by atoms with Crippen LogP contribution in [0.5, 0.6) is 0 Å². The fourth-order valence-corrected chi connectivity index (χ4v) is 4.95. The van der Waals surface area contributed by atoms with Gasteiger partial charge in [-0.15, -0.1) is 0 Å². The SMILES string of the molecule is CCCSc1nc(NCC(F)(F)F)c2ncn([C@@H]3O[C@H](COP(=O)([O-])n4ccnc4)[C@@H](O)[C@H]3O)c2n1.[Na+]. The smallest absolute Gasteiger partial charge is 0.761 e. The molecule has 5 atom stereocenters. The summed E-state index contributed by atoms with van der Waals surface area (Å²) in [4.78, 5) is 28.4. The van der Waals surface area contributed by atoms with Crippen molar-refractivity contribution < 1.29 is 71.7 Å². The number of thioether (sulfide) groups is 1. The minimum Gasteiger partial charge on any atom is -0.761 e. The first-order valence-electron chi connectivity index (χ1n) is 10.6. The van der Waals surface area contributed by atoms with Crippen LogP contribution in [-0.2, 0) is 13.8 Å². The van der Waals surface area contributed by atoms with Gasteiger partial charge in [-0.1, -0.05) is 18.7 Å². The molecule has 0 aliphatic carbocycles. The van der Waals surface area contributed by atoms with Gasteiger partial charge in [-0.05, 0) is 6.42 Å². The zero-order valence-electron chi connectivity index (χ0n) is 19.6. The van der Waals surface area contributed by atoms with E-state index in [1.54, 1.807) is 0 Å². The van der Waals surface area contributed by atoms with E-state index < -0.39 is 51.6 Å². The van der Waals surface area contributed by atoms with Gasteiger partial charge in [-0.3, -0.25) is 13.5 Å². The van der Waals surface area contributed by atoms with E-state index in [0.29, 0.717) is 5.75 Å². The van der Waals surface area contributed by atoms with Crippen LogP contribution in [0, 0.1) is 0 Å². The molecule has 3 aromatic heterocycles. The second-order valence-electron chi connectivity index (χ2n) is 7.75. The zero-order chi connectivity index (χ0) is 26.1. The topological polar surface area (TPSA) is 172 Å². The van der Waals surface area contributed by atoms with Crippen LogP contribution < -0.4 is 39.8 Å². The van der Waals surface area contributed by atoms with E-state index in [1.165, 1.54) is 28.9 Å². The van der Waals surface area contributed by atoms with Gasteiger partial charge in [-0.25, -0.2) is 19.9 Å². The number of aliphatic hydroxyl groups is 2. The van der Waals surface area contributed by atoms with Gasteiger partial charge in [0.25, 0.3) is 0 Å². The predicted octanol–water partition coefficient (Wildman–Crippen LogP) is -1.84. The summed E-state index contributed by atoms with van der Waals surface area (Å²) in [6.45, 7) is -0.0551. The number of ether oxygens (including phenoxy) is 1. The van der Waals surface area contributed by atoms with Gasteiger partial charge in [0.15, 0.2) is 28.4 Å². The average Bonchev–Trinajstić information content (AvgIpc) is 3.56. The molecule has 3 N–H and O–H groups in total. The van der Waals surface area contributed by atoms with E-state index in [2.05, 4.69) is 25.3 Å². The summed E-state index contributed by atoms with van der Waals surface area (Å²) < 4.78 is 63.2. The molecule has 4 heterocycles. The van der Waals surface area contributed by atoms with Gasteiger partial charge in [-0.2, -0.15) is 13.2 Å². The number of imidazole rings is 2. The van der Waals surface area contributed by atoms with Crippen molar-refractivity contribution in [2.45, 2.75) is 49.2 Å². The number of hydrogen-bond acceptors (Lipinski definition) is 12. The summed E-state index contributed by atoms with van der Waals surface area (Å²) >= 11 is 1.22. The van der Waals surface area contributed by atoms with Gasteiger partial charge >= 0.3 is 35.7 Å². The number of halogens is 3. The van der Waals surface area contributed by atoms with Crippen LogP contribution in [0.25, 0.3) is 11.2 Å². The monoisotopic (exact) mass is 575 g/mol. The van der Waals surface area contributed by atoms with Crippen molar-refractivity contribution in [2.75, 3.05) is 24.2 Å². The van der Waals surface area contributed by atoms with Crippen molar-refractivity contribution in [1.29, 1.82) is 0 Å². The van der Waals surface area contributed by atoms with Crippen LogP contribution in [0.1, 0.15) is 19.6 Å². The number of nitrogens with zero attached hydrogens (tertiary/aromatic N) is 6. The number of anilines is 1. The summed E-state index contributed by atoms with van der Waals surface area (Å²) in [7, 11) is -4.57. The minimum atomic E-state index is -4.57. The van der Waals surface area contributed by atoms with E-state index >= 15 is 0 Å². The summed E-state index contributed by atoms with van der Waals surface area (Å²) in [5, 5.41) is 23.5. The Morgan fingerprint density at radius 1 is 1.30 bits per heavy atom.